The van der Waals surface area contributed by atoms with Gasteiger partial charge in [-0.2, -0.15) is 4.68 Å². The third-order valence-electron chi connectivity index (χ3n) is 6.27. The second kappa shape index (κ2) is 7.68. The number of hydrogen-bond donors (Lipinski definition) is 2. The molecule has 0 bridgehead atoms. The quantitative estimate of drug-likeness (QED) is 0.705. The van der Waals surface area contributed by atoms with Gasteiger partial charge in [0.15, 0.2) is 5.82 Å². The number of benzene rings is 1. The van der Waals surface area contributed by atoms with Crippen molar-refractivity contribution in [3.8, 4) is 5.69 Å². The summed E-state index contributed by atoms with van der Waals surface area (Å²) in [4.78, 5) is 39.7. The summed E-state index contributed by atoms with van der Waals surface area (Å²) in [5.74, 6) is 0.159. The molecule has 2 unspecified atom stereocenters. The summed E-state index contributed by atoms with van der Waals surface area (Å²) in [7, 11) is 0. The Morgan fingerprint density at radius 1 is 1.25 bits per heavy atom. The number of nitrogens with zero attached hydrogens (tertiary/aromatic N) is 5. The van der Waals surface area contributed by atoms with E-state index in [2.05, 4.69) is 46.9 Å². The Balaban J connectivity index is 1.49. The lowest BCUT2D eigenvalue weighted by atomic mass is 9.64. The van der Waals surface area contributed by atoms with Crippen molar-refractivity contribution in [2.75, 3.05) is 11.9 Å². The van der Waals surface area contributed by atoms with Crippen LogP contribution in [0.1, 0.15) is 51.4 Å². The van der Waals surface area contributed by atoms with Gasteiger partial charge in [-0.1, -0.05) is 26.8 Å². The van der Waals surface area contributed by atoms with Gasteiger partial charge in [-0.25, -0.2) is 4.79 Å². The summed E-state index contributed by atoms with van der Waals surface area (Å²) in [6, 6.07) is 4.86. The minimum absolute atomic E-state index is 0.0640. The Morgan fingerprint density at radius 2 is 2.00 bits per heavy atom. The van der Waals surface area contributed by atoms with Crippen LogP contribution >= 0.6 is 0 Å². The first-order chi connectivity index (χ1) is 15.0. The van der Waals surface area contributed by atoms with Gasteiger partial charge in [-0.15, -0.1) is 5.10 Å². The number of urea groups is 1. The minimum atomic E-state index is -0.923. The van der Waals surface area contributed by atoms with E-state index < -0.39 is 17.5 Å². The summed E-state index contributed by atoms with van der Waals surface area (Å²) in [6.45, 7) is 9.68. The second-order valence-electron chi connectivity index (χ2n) is 9.95. The summed E-state index contributed by atoms with van der Waals surface area (Å²) in [6.07, 6.45) is 2.15. The van der Waals surface area contributed by atoms with Crippen LogP contribution in [-0.4, -0.2) is 55.0 Å². The SMILES string of the molecule is Cc1ccc(NC(=O)CN2C(=O)NC3(CC(C)CC(C)(C)C3)C2=O)cc1-n1nnnc1C. The van der Waals surface area contributed by atoms with Crippen LogP contribution in [0.25, 0.3) is 5.69 Å². The standard InChI is InChI=1S/C22H29N7O3/c1-13-9-21(4,5)12-22(10-13)19(31)28(20(32)24-22)11-18(30)23-16-7-6-14(2)17(8-16)29-15(3)25-26-27-29/h6-8,13H,9-12H2,1-5H3,(H,23,30)(H,24,32). The van der Waals surface area contributed by atoms with E-state index in [0.29, 0.717) is 30.3 Å². The molecule has 4 amide bonds. The zero-order chi connectivity index (χ0) is 23.3. The average Bonchev–Trinajstić information content (AvgIpc) is 3.18. The molecule has 1 aromatic heterocycles. The molecule has 10 nitrogen and oxygen atoms in total. The molecule has 32 heavy (non-hydrogen) atoms. The number of imide groups is 1. The molecular formula is C22H29N7O3. The maximum absolute atomic E-state index is 13.2. The largest absolute Gasteiger partial charge is 0.325 e. The molecule has 2 N–H and O–H groups in total. The monoisotopic (exact) mass is 439 g/mol. The molecule has 4 rings (SSSR count). The zero-order valence-electron chi connectivity index (χ0n) is 19.1. The molecule has 1 aliphatic heterocycles. The van der Waals surface area contributed by atoms with Crippen LogP contribution in [-0.2, 0) is 9.59 Å². The van der Waals surface area contributed by atoms with Gasteiger partial charge in [0, 0.05) is 5.69 Å². The third-order valence-corrected chi connectivity index (χ3v) is 6.27. The van der Waals surface area contributed by atoms with E-state index >= 15 is 0 Å². The fourth-order valence-corrected chi connectivity index (χ4v) is 5.36. The number of aryl methyl sites for hydroxylation is 2. The molecule has 170 valence electrons. The Bertz CT molecular complexity index is 1090. The van der Waals surface area contributed by atoms with Crippen LogP contribution < -0.4 is 10.6 Å². The Hall–Kier alpha value is -3.30. The molecule has 1 spiro atoms. The Morgan fingerprint density at radius 3 is 2.66 bits per heavy atom. The number of nitrogens with one attached hydrogen (secondary N) is 2. The summed E-state index contributed by atoms with van der Waals surface area (Å²) in [5, 5.41) is 17.2. The number of anilines is 1. The molecule has 0 radical (unpaired) electrons. The maximum atomic E-state index is 13.2. The summed E-state index contributed by atoms with van der Waals surface area (Å²) >= 11 is 0. The first-order valence-electron chi connectivity index (χ1n) is 10.8. The highest BCUT2D eigenvalue weighted by molar-refractivity contribution is 6.10. The summed E-state index contributed by atoms with van der Waals surface area (Å²) in [5.41, 5.74) is 1.21. The molecule has 2 aromatic rings. The van der Waals surface area contributed by atoms with E-state index in [1.807, 2.05) is 13.0 Å². The topological polar surface area (TPSA) is 122 Å². The fraction of sp³-hybridized carbons (Fsp3) is 0.545. The number of amides is 4. The Kier molecular flexibility index (Phi) is 5.26. The van der Waals surface area contributed by atoms with Crippen molar-refractivity contribution in [2.24, 2.45) is 11.3 Å². The third kappa shape index (κ3) is 3.96. The van der Waals surface area contributed by atoms with Crippen molar-refractivity contribution >= 4 is 23.5 Å². The van der Waals surface area contributed by atoms with Crippen molar-refractivity contribution in [1.29, 1.82) is 0 Å². The van der Waals surface area contributed by atoms with E-state index in [1.165, 1.54) is 0 Å². The van der Waals surface area contributed by atoms with E-state index in [-0.39, 0.29) is 17.9 Å². The highest BCUT2D eigenvalue weighted by atomic mass is 16.2. The van der Waals surface area contributed by atoms with Gasteiger partial charge in [0.2, 0.25) is 5.91 Å². The van der Waals surface area contributed by atoms with Crippen molar-refractivity contribution in [3.05, 3.63) is 29.6 Å². The van der Waals surface area contributed by atoms with Gasteiger partial charge in [-0.3, -0.25) is 14.5 Å². The molecule has 1 saturated carbocycles. The van der Waals surface area contributed by atoms with Gasteiger partial charge in [0.25, 0.3) is 5.91 Å². The number of carbonyl (C=O) groups is 3. The molecule has 1 aliphatic carbocycles. The molecule has 10 heteroatoms. The van der Waals surface area contributed by atoms with Crippen LogP contribution in [0.3, 0.4) is 0 Å². The fourth-order valence-electron chi connectivity index (χ4n) is 5.36. The van der Waals surface area contributed by atoms with Crippen molar-refractivity contribution in [1.82, 2.24) is 30.4 Å². The van der Waals surface area contributed by atoms with Gasteiger partial charge in [-0.05, 0) is 72.6 Å². The first kappa shape index (κ1) is 21.9. The number of hydrogen-bond acceptors (Lipinski definition) is 6. The van der Waals surface area contributed by atoms with Crippen LogP contribution in [0.5, 0.6) is 0 Å². The van der Waals surface area contributed by atoms with Gasteiger partial charge in [0.1, 0.15) is 12.1 Å². The lowest BCUT2D eigenvalue weighted by Gasteiger charge is -2.43. The number of carbonyl (C=O) groups excluding carboxylic acids is 3. The van der Waals surface area contributed by atoms with Gasteiger partial charge >= 0.3 is 6.03 Å². The van der Waals surface area contributed by atoms with Gasteiger partial charge in [0.05, 0.1) is 5.69 Å². The van der Waals surface area contributed by atoms with E-state index in [4.69, 9.17) is 0 Å². The number of tetrazole rings is 1. The van der Waals surface area contributed by atoms with Crippen molar-refractivity contribution in [3.63, 3.8) is 0 Å². The molecule has 1 saturated heterocycles. The average molecular weight is 440 g/mol. The van der Waals surface area contributed by atoms with E-state index in [1.54, 1.807) is 23.7 Å². The smallest absolute Gasteiger partial charge is 0.324 e. The highest BCUT2D eigenvalue weighted by Crippen LogP contribution is 2.46. The summed E-state index contributed by atoms with van der Waals surface area (Å²) < 4.78 is 1.58. The Labute approximate surface area is 186 Å². The molecule has 2 heterocycles. The van der Waals surface area contributed by atoms with Crippen LogP contribution in [0.4, 0.5) is 10.5 Å². The predicted molar refractivity (Wildman–Crippen MR) is 117 cm³/mol. The lowest BCUT2D eigenvalue weighted by molar-refractivity contribution is -0.136. The maximum Gasteiger partial charge on any atom is 0.325 e. The molecule has 1 aromatic carbocycles. The lowest BCUT2D eigenvalue weighted by Crippen LogP contribution is -2.54. The zero-order valence-corrected chi connectivity index (χ0v) is 19.1. The van der Waals surface area contributed by atoms with Crippen molar-refractivity contribution < 1.29 is 14.4 Å². The normalized spacial score (nSPS) is 24.7. The number of aromatic nitrogens is 4. The van der Waals surface area contributed by atoms with Crippen LogP contribution in [0, 0.1) is 25.2 Å². The predicted octanol–water partition coefficient (Wildman–Crippen LogP) is 2.35. The molecular weight excluding hydrogens is 410 g/mol. The van der Waals surface area contributed by atoms with Crippen LogP contribution in [0.2, 0.25) is 0 Å². The number of rotatable bonds is 4. The molecule has 2 atom stereocenters. The highest BCUT2D eigenvalue weighted by Gasteiger charge is 2.56. The van der Waals surface area contributed by atoms with Gasteiger partial charge < -0.3 is 10.6 Å². The van der Waals surface area contributed by atoms with E-state index in [9.17, 15) is 14.4 Å². The van der Waals surface area contributed by atoms with Crippen molar-refractivity contribution in [2.45, 2.75) is 59.4 Å². The first-order valence-corrected chi connectivity index (χ1v) is 10.8. The van der Waals surface area contributed by atoms with Crippen LogP contribution in [0.15, 0.2) is 18.2 Å². The minimum Gasteiger partial charge on any atom is -0.324 e. The molecule has 2 aliphatic rings. The second-order valence-corrected chi connectivity index (χ2v) is 9.95. The molecule has 2 fully saturated rings. The van der Waals surface area contributed by atoms with E-state index in [0.717, 1.165) is 22.6 Å².